The third-order valence-corrected chi connectivity index (χ3v) is 2.27. The largest absolute Gasteiger partial charge is 2.00 e. The Morgan fingerprint density at radius 3 is 1.17 bits per heavy atom. The Hall–Kier alpha value is 0.868. The third kappa shape index (κ3) is 22.4. The van der Waals surface area contributed by atoms with Crippen molar-refractivity contribution in [2.45, 2.75) is 0 Å². The zero-order chi connectivity index (χ0) is 7.71. The molecule has 0 aliphatic heterocycles. The van der Waals surface area contributed by atoms with Crippen LogP contribution in [-0.2, 0) is 30.2 Å². The van der Waals surface area contributed by atoms with E-state index >= 15 is 0 Å². The zero-order valence-electron chi connectivity index (χ0n) is 5.65. The first-order chi connectivity index (χ1) is 3.71. The van der Waals surface area contributed by atoms with Crippen LogP contribution in [0.1, 0.15) is 0 Å². The van der Waals surface area contributed by atoms with Crippen LogP contribution in [0.15, 0.2) is 0 Å². The predicted molar refractivity (Wildman–Crippen MR) is 32.8 cm³/mol. The van der Waals surface area contributed by atoms with Crippen LogP contribution in [0, 0.1) is 0 Å². The first-order valence-electron chi connectivity index (χ1n) is 1.58. The Morgan fingerprint density at radius 2 is 1.17 bits per heavy atom. The smallest absolute Gasteiger partial charge is 0.766 e. The number of hydrogen-bond acceptors (Lipinski definition) is 6. The summed E-state index contributed by atoms with van der Waals surface area (Å²) in [5.41, 5.74) is 0. The van der Waals surface area contributed by atoms with Crippen LogP contribution in [0.25, 0.3) is 0 Å². The molecule has 0 saturated carbocycles. The molecule has 2 unspecified atom stereocenters. The molecule has 2 atom stereocenters. The van der Waals surface area contributed by atoms with Crippen LogP contribution in [0.4, 0.5) is 0 Å². The maximum atomic E-state index is 9.59. The van der Waals surface area contributed by atoms with E-state index < -0.39 is 15.5 Å². The molecule has 0 fully saturated rings. The summed E-state index contributed by atoms with van der Waals surface area (Å²) < 4.78 is 19.2. The van der Waals surface area contributed by atoms with Crippen molar-refractivity contribution in [3.05, 3.63) is 0 Å². The summed E-state index contributed by atoms with van der Waals surface area (Å²) >= 11 is 0. The topological polar surface area (TPSA) is 203 Å². The van der Waals surface area contributed by atoms with Crippen LogP contribution in [-0.4, -0.2) is 9.79 Å². The van der Waals surface area contributed by atoms with E-state index in [4.69, 9.17) is 9.79 Å². The fraction of sp³-hybridized carbons (Fsp3) is 0. The van der Waals surface area contributed by atoms with Gasteiger partial charge in [0.1, 0.15) is 0 Å². The molecule has 12 heavy (non-hydrogen) atoms. The summed E-state index contributed by atoms with van der Waals surface area (Å²) in [5.74, 6) is 0. The third-order valence-electron chi connectivity index (χ3n) is 0.253. The van der Waals surface area contributed by atoms with Crippen LogP contribution in [0.2, 0.25) is 0 Å². The van der Waals surface area contributed by atoms with Gasteiger partial charge >= 0.3 is 21.1 Å². The van der Waals surface area contributed by atoms with E-state index in [1.165, 1.54) is 0 Å². The van der Waals surface area contributed by atoms with Crippen molar-refractivity contribution >= 4 is 15.5 Å². The summed E-state index contributed by atoms with van der Waals surface area (Å²) in [7, 11) is -10.2. The van der Waals surface area contributed by atoms with Crippen LogP contribution >= 0.6 is 15.5 Å². The summed E-state index contributed by atoms with van der Waals surface area (Å²) in [5, 5.41) is 0. The Morgan fingerprint density at radius 1 is 1.00 bits per heavy atom. The standard InChI is InChI=1S/H5NO6P2.2H3N.Pt/c2-8(3,4)1-9(5,6)7;;;/h(H5,1,2,3,4,5,6,7);2*1H3;/q;;;+2/p-2. The Balaban J connectivity index is -0.000000107. The van der Waals surface area contributed by atoms with Crippen LogP contribution in [0.3, 0.4) is 0 Å². The molecule has 0 amide bonds. The van der Waals surface area contributed by atoms with Crippen molar-refractivity contribution in [3.63, 3.8) is 0 Å². The van der Waals surface area contributed by atoms with Gasteiger partial charge in [-0.3, -0.25) is 9.13 Å². The predicted octanol–water partition coefficient (Wildman–Crippen LogP) is -2.18. The summed E-state index contributed by atoms with van der Waals surface area (Å²) in [6.45, 7) is 0. The molecular weight excluding hydrogens is 395 g/mol. The monoisotopic (exact) mass is 404 g/mol. The molecule has 9 N–H and O–H groups in total. The second-order valence-corrected chi connectivity index (χ2v) is 4.02. The minimum atomic E-state index is -5.11. The maximum absolute atomic E-state index is 9.59. The van der Waals surface area contributed by atoms with Crippen molar-refractivity contribution < 1.29 is 49.8 Å². The van der Waals surface area contributed by atoms with Crippen molar-refractivity contribution in [1.29, 1.82) is 0 Å². The van der Waals surface area contributed by atoms with E-state index in [9.17, 15) is 18.9 Å². The fourth-order valence-corrected chi connectivity index (χ4v) is 1.44. The molecule has 80 valence electrons. The van der Waals surface area contributed by atoms with Gasteiger partial charge in [0.05, 0.1) is 0 Å². The Kier molecular flexibility index (Phi) is 14.0. The van der Waals surface area contributed by atoms with Crippen molar-refractivity contribution in [3.8, 4) is 0 Å². The van der Waals surface area contributed by atoms with E-state index in [-0.39, 0.29) is 33.4 Å². The maximum Gasteiger partial charge on any atom is 2.00 e. The Bertz CT molecular complexity index is 161. The molecule has 9 nitrogen and oxygen atoms in total. The van der Waals surface area contributed by atoms with E-state index in [1.54, 1.807) is 0 Å². The summed E-state index contributed by atoms with van der Waals surface area (Å²) in [6.07, 6.45) is 0. The molecule has 0 aliphatic rings. The summed E-state index contributed by atoms with van der Waals surface area (Å²) in [6, 6.07) is 0. The normalized spacial score (nSPS) is 18.3. The Labute approximate surface area is 82.8 Å². The van der Waals surface area contributed by atoms with Crippen molar-refractivity contribution in [2.75, 3.05) is 0 Å². The molecular formula is H9N3O6P2Pt. The minimum Gasteiger partial charge on any atom is -0.766 e. The molecule has 0 heterocycles. The first kappa shape index (κ1) is 23.0. The molecule has 0 aromatic heterocycles. The fourth-order valence-electron chi connectivity index (χ4n) is 0.160. The van der Waals surface area contributed by atoms with Gasteiger partial charge in [-0.2, -0.15) is 4.86 Å². The average Bonchev–Trinajstić information content (AvgIpc) is 1.14. The van der Waals surface area contributed by atoms with E-state index in [1.807, 2.05) is 0 Å². The van der Waals surface area contributed by atoms with Crippen LogP contribution in [0.5, 0.6) is 0 Å². The van der Waals surface area contributed by atoms with Crippen molar-refractivity contribution in [1.82, 2.24) is 17.2 Å². The average molecular weight is 404 g/mol. The van der Waals surface area contributed by atoms with Gasteiger partial charge in [0, 0.05) is 0 Å². The first-order valence-corrected chi connectivity index (χ1v) is 4.73. The summed E-state index contributed by atoms with van der Waals surface area (Å²) in [4.78, 5) is 35.2. The molecule has 0 saturated heterocycles. The number of hydrogen-bond donors (Lipinski definition) is 5. The minimum absolute atomic E-state index is 0. The second-order valence-electron chi connectivity index (χ2n) is 1.14. The molecule has 0 rings (SSSR count). The van der Waals surface area contributed by atoms with Gasteiger partial charge < -0.3 is 31.9 Å². The molecule has 0 aromatic rings. The van der Waals surface area contributed by atoms with Gasteiger partial charge in [-0.05, 0) is 0 Å². The van der Waals surface area contributed by atoms with Gasteiger partial charge in [-0.25, -0.2) is 0 Å². The van der Waals surface area contributed by atoms with E-state index in [2.05, 4.69) is 0 Å². The molecule has 0 aliphatic carbocycles. The number of rotatable bonds is 2. The molecule has 0 aromatic carbocycles. The van der Waals surface area contributed by atoms with Crippen LogP contribution < -0.4 is 26.9 Å². The van der Waals surface area contributed by atoms with Gasteiger partial charge in [0.25, 0.3) is 0 Å². The quantitative estimate of drug-likeness (QED) is 0.317. The molecule has 0 spiro atoms. The van der Waals surface area contributed by atoms with E-state index in [0.717, 1.165) is 0 Å². The van der Waals surface area contributed by atoms with Gasteiger partial charge in [-0.1, -0.05) is 0 Å². The SMILES string of the molecule is N.N.O=P([O-])(O)NP(=O)([O-])O.[Pt+2]. The molecule has 0 bridgehead atoms. The van der Waals surface area contributed by atoms with Gasteiger partial charge in [0.2, 0.25) is 15.5 Å². The van der Waals surface area contributed by atoms with Crippen molar-refractivity contribution in [2.24, 2.45) is 0 Å². The number of nitrogens with one attached hydrogen (secondary N) is 1. The molecule has 0 radical (unpaired) electrons. The van der Waals surface area contributed by atoms with Gasteiger partial charge in [0.15, 0.2) is 0 Å². The van der Waals surface area contributed by atoms with Gasteiger partial charge in [-0.15, -0.1) is 0 Å². The second kappa shape index (κ2) is 7.29. The molecule has 12 heteroatoms. The van der Waals surface area contributed by atoms with E-state index in [0.29, 0.717) is 4.86 Å². The zero-order valence-corrected chi connectivity index (χ0v) is 9.71.